The fraction of sp³-hybridized carbons (Fsp3) is 0.667. The van der Waals surface area contributed by atoms with Gasteiger partial charge in [-0.05, 0) is 27.7 Å². The van der Waals surface area contributed by atoms with Crippen molar-refractivity contribution in [1.82, 2.24) is 9.97 Å². The van der Waals surface area contributed by atoms with E-state index in [2.05, 4.69) is 14.7 Å². The first-order valence-electron chi connectivity index (χ1n) is 6.39. The monoisotopic (exact) mass is 304 g/mol. The summed E-state index contributed by atoms with van der Waals surface area (Å²) >= 11 is 0. The van der Waals surface area contributed by atoms with Crippen LogP contribution in [0.2, 0.25) is 0 Å². The molecule has 1 aromatic heterocycles. The van der Waals surface area contributed by atoms with Gasteiger partial charge in [0.15, 0.2) is 0 Å². The molecule has 0 N–H and O–H groups in total. The molecule has 5 nitrogen and oxygen atoms in total. The molecule has 1 atom stereocenters. The van der Waals surface area contributed by atoms with Crippen molar-refractivity contribution in [1.29, 1.82) is 0 Å². The summed E-state index contributed by atoms with van der Waals surface area (Å²) in [5, 5.41) is 0. The molecule has 0 bridgehead atoms. The first-order chi connectivity index (χ1) is 9.62. The molecule has 21 heavy (non-hydrogen) atoms. The Hall–Kier alpha value is -1.35. The third-order valence-corrected chi connectivity index (χ3v) is 3.59. The quantitative estimate of drug-likeness (QED) is 0.793. The van der Waals surface area contributed by atoms with Crippen molar-refractivity contribution in [3.63, 3.8) is 0 Å². The van der Waals surface area contributed by atoms with Gasteiger partial charge < -0.3 is 14.0 Å². The van der Waals surface area contributed by atoms with Crippen molar-refractivity contribution >= 4 is 12.6 Å². The number of halogens is 3. The highest BCUT2D eigenvalue weighted by Crippen LogP contribution is 2.36. The zero-order valence-corrected chi connectivity index (χ0v) is 12.1. The fourth-order valence-electron chi connectivity index (χ4n) is 1.64. The van der Waals surface area contributed by atoms with Crippen LogP contribution in [0.1, 0.15) is 27.7 Å². The van der Waals surface area contributed by atoms with E-state index in [1.807, 2.05) is 27.7 Å². The molecule has 0 amide bonds. The Morgan fingerprint density at radius 3 is 1.95 bits per heavy atom. The lowest BCUT2D eigenvalue weighted by atomic mass is 9.81. The lowest BCUT2D eigenvalue weighted by molar-refractivity contribution is -0.0713. The molecule has 9 heteroatoms. The van der Waals surface area contributed by atoms with E-state index in [-0.39, 0.29) is 0 Å². The molecule has 2 rings (SSSR count). The largest absolute Gasteiger partial charge is 0.498 e. The minimum absolute atomic E-state index is 0.469. The van der Waals surface area contributed by atoms with Gasteiger partial charge >= 0.3 is 25.9 Å². The van der Waals surface area contributed by atoms with Crippen LogP contribution >= 0.6 is 0 Å². The number of ether oxygens (including phenoxy) is 1. The second-order valence-electron chi connectivity index (χ2n) is 5.69. The number of hydrogen-bond donors (Lipinski definition) is 0. The van der Waals surface area contributed by atoms with E-state index in [1.165, 1.54) is 12.4 Å². The molecular formula is C12H16BF3N2O3. The summed E-state index contributed by atoms with van der Waals surface area (Å²) in [5.74, 6) is 0. The molecule has 0 aromatic carbocycles. The first-order valence-corrected chi connectivity index (χ1v) is 6.39. The average molecular weight is 304 g/mol. The molecule has 2 heterocycles. The Kier molecular flexibility index (Phi) is 4.16. The Morgan fingerprint density at radius 2 is 1.52 bits per heavy atom. The lowest BCUT2D eigenvalue weighted by Crippen LogP contribution is -2.41. The maximum absolute atomic E-state index is 12.7. The predicted octanol–water partition coefficient (Wildman–Crippen LogP) is 1.72. The highest BCUT2D eigenvalue weighted by molar-refractivity contribution is 6.61. The third kappa shape index (κ3) is 3.29. The van der Waals surface area contributed by atoms with Crippen LogP contribution in [0.4, 0.5) is 13.2 Å². The number of alkyl halides is 3. The van der Waals surface area contributed by atoms with Gasteiger partial charge in [-0.1, -0.05) is 0 Å². The van der Waals surface area contributed by atoms with Gasteiger partial charge in [-0.15, -0.1) is 0 Å². The van der Waals surface area contributed by atoms with Gasteiger partial charge in [0.05, 0.1) is 11.2 Å². The number of nitrogens with zero attached hydrogens (tertiary/aromatic N) is 2. The van der Waals surface area contributed by atoms with Crippen LogP contribution in [0, 0.1) is 0 Å². The summed E-state index contributed by atoms with van der Waals surface area (Å²) in [5.41, 5.74) is -0.549. The van der Waals surface area contributed by atoms with Gasteiger partial charge in [-0.2, -0.15) is 4.39 Å². The SMILES string of the molecule is CC1(C)OB(c2cnc(OC(F)C(F)F)nc2)OC1(C)C. The van der Waals surface area contributed by atoms with Gasteiger partial charge in [-0.3, -0.25) is 0 Å². The molecule has 0 aliphatic carbocycles. The van der Waals surface area contributed by atoms with Crippen molar-refractivity contribution in [2.24, 2.45) is 0 Å². The van der Waals surface area contributed by atoms with Crippen molar-refractivity contribution in [3.8, 4) is 6.01 Å². The van der Waals surface area contributed by atoms with E-state index in [0.29, 0.717) is 5.46 Å². The van der Waals surface area contributed by atoms with E-state index >= 15 is 0 Å². The average Bonchev–Trinajstić information content (AvgIpc) is 2.59. The first kappa shape index (κ1) is 16.0. The summed E-state index contributed by atoms with van der Waals surface area (Å²) in [4.78, 5) is 7.35. The molecule has 0 saturated carbocycles. The van der Waals surface area contributed by atoms with E-state index in [1.54, 1.807) is 0 Å². The molecule has 1 fully saturated rings. The van der Waals surface area contributed by atoms with Crippen molar-refractivity contribution in [2.75, 3.05) is 0 Å². The van der Waals surface area contributed by atoms with Crippen LogP contribution in [0.25, 0.3) is 0 Å². The molecule has 1 saturated heterocycles. The van der Waals surface area contributed by atoms with E-state index in [9.17, 15) is 13.2 Å². The van der Waals surface area contributed by atoms with E-state index < -0.39 is 37.1 Å². The third-order valence-electron chi connectivity index (χ3n) is 3.59. The second kappa shape index (κ2) is 5.45. The fourth-order valence-corrected chi connectivity index (χ4v) is 1.64. The van der Waals surface area contributed by atoms with E-state index in [0.717, 1.165) is 0 Å². The maximum Gasteiger partial charge on any atom is 0.498 e. The zero-order valence-electron chi connectivity index (χ0n) is 12.1. The predicted molar refractivity (Wildman–Crippen MR) is 69.3 cm³/mol. The van der Waals surface area contributed by atoms with Gasteiger partial charge in [0, 0.05) is 17.9 Å². The lowest BCUT2D eigenvalue weighted by Gasteiger charge is -2.32. The molecule has 1 aliphatic rings. The molecule has 0 spiro atoms. The summed E-state index contributed by atoms with van der Waals surface area (Å²) < 4.78 is 52.5. The summed E-state index contributed by atoms with van der Waals surface area (Å²) in [7, 11) is -0.680. The molecule has 1 unspecified atom stereocenters. The van der Waals surface area contributed by atoms with E-state index in [4.69, 9.17) is 9.31 Å². The van der Waals surface area contributed by atoms with Gasteiger partial charge in [0.1, 0.15) is 0 Å². The topological polar surface area (TPSA) is 53.5 Å². The van der Waals surface area contributed by atoms with Crippen molar-refractivity contribution < 1.29 is 27.2 Å². The standard InChI is InChI=1S/C12H16BF3N2O3/c1-11(2)12(3,4)21-13(20-11)7-5-17-10(18-6-7)19-9(16)8(14)15/h5-6,8-9H,1-4H3. The highest BCUT2D eigenvalue weighted by Gasteiger charge is 2.51. The van der Waals surface area contributed by atoms with Gasteiger partial charge in [0.25, 0.3) is 0 Å². The number of hydrogen-bond acceptors (Lipinski definition) is 5. The normalized spacial score (nSPS) is 21.6. The second-order valence-corrected chi connectivity index (χ2v) is 5.69. The molecule has 1 aromatic rings. The summed E-state index contributed by atoms with van der Waals surface area (Å²) in [6.07, 6.45) is -3.42. The van der Waals surface area contributed by atoms with Crippen LogP contribution in [-0.4, -0.2) is 41.1 Å². The molecule has 0 radical (unpaired) electrons. The summed E-state index contributed by atoms with van der Waals surface area (Å²) in [6, 6.07) is -0.469. The van der Waals surface area contributed by atoms with Crippen molar-refractivity contribution in [2.45, 2.75) is 51.7 Å². The molecule has 1 aliphatic heterocycles. The van der Waals surface area contributed by atoms with Crippen LogP contribution in [-0.2, 0) is 9.31 Å². The summed E-state index contributed by atoms with van der Waals surface area (Å²) in [6.45, 7) is 7.56. The minimum atomic E-state index is -3.25. The molecule has 116 valence electrons. The Balaban J connectivity index is 2.07. The van der Waals surface area contributed by atoms with Crippen molar-refractivity contribution in [3.05, 3.63) is 12.4 Å². The highest BCUT2D eigenvalue weighted by atomic mass is 19.3. The minimum Gasteiger partial charge on any atom is -0.422 e. The number of rotatable bonds is 4. The van der Waals surface area contributed by atoms with Gasteiger partial charge in [-0.25, -0.2) is 18.7 Å². The maximum atomic E-state index is 12.7. The smallest absolute Gasteiger partial charge is 0.422 e. The van der Waals surface area contributed by atoms with Gasteiger partial charge in [0.2, 0.25) is 0 Å². The van der Waals surface area contributed by atoms with Crippen LogP contribution in [0.5, 0.6) is 6.01 Å². The zero-order chi connectivity index (χ0) is 15.8. The Morgan fingerprint density at radius 1 is 1.05 bits per heavy atom. The van der Waals surface area contributed by atoms with Crippen LogP contribution < -0.4 is 10.2 Å². The Bertz CT molecular complexity index is 483. The molecular weight excluding hydrogens is 288 g/mol. The number of aromatic nitrogens is 2. The Labute approximate surface area is 121 Å². The van der Waals surface area contributed by atoms with Crippen LogP contribution in [0.15, 0.2) is 12.4 Å². The van der Waals surface area contributed by atoms with Crippen LogP contribution in [0.3, 0.4) is 0 Å².